The minimum Gasteiger partial charge on any atom is -0.491 e. The molecular weight excluding hydrogens is 464 g/mol. The topological polar surface area (TPSA) is 63.2 Å². The van der Waals surface area contributed by atoms with Gasteiger partial charge in [0.1, 0.15) is 0 Å². The lowest BCUT2D eigenvalue weighted by Crippen LogP contribution is -2.40. The van der Waals surface area contributed by atoms with E-state index < -0.39 is 0 Å². The Hall–Kier alpha value is -1.58. The number of nitrogens with one attached hydrogen (secondary N) is 1. The summed E-state index contributed by atoms with van der Waals surface area (Å²) in [7, 11) is 1.41. The number of hydrogen-bond acceptors (Lipinski definition) is 4. The van der Waals surface area contributed by atoms with E-state index in [9.17, 15) is 9.18 Å². The van der Waals surface area contributed by atoms with E-state index in [2.05, 4.69) is 15.2 Å². The summed E-state index contributed by atoms with van der Waals surface area (Å²) in [5, 5.41) is 3.24. The molecule has 1 heterocycles. The van der Waals surface area contributed by atoms with Crippen molar-refractivity contribution < 1.29 is 18.7 Å². The molecule has 27 heavy (non-hydrogen) atoms. The van der Waals surface area contributed by atoms with Crippen LogP contribution in [0.25, 0.3) is 0 Å². The largest absolute Gasteiger partial charge is 0.491 e. The van der Waals surface area contributed by atoms with E-state index in [4.69, 9.17) is 9.47 Å². The Kier molecular flexibility index (Phi) is 9.82. The molecule has 0 radical (unpaired) electrons. The SMILES string of the molecule is CCNC(=NCc1ccc(OCC)c(F)c1)N1CC(C)C(C(=O)OC)C1.I. The van der Waals surface area contributed by atoms with Crippen molar-refractivity contribution in [3.05, 3.63) is 29.6 Å². The van der Waals surface area contributed by atoms with E-state index in [0.29, 0.717) is 26.2 Å². The molecule has 1 N–H and O–H groups in total. The molecule has 1 aliphatic rings. The number of benzene rings is 1. The lowest BCUT2D eigenvalue weighted by Gasteiger charge is -2.21. The summed E-state index contributed by atoms with van der Waals surface area (Å²) in [5.41, 5.74) is 0.762. The summed E-state index contributed by atoms with van der Waals surface area (Å²) in [4.78, 5) is 18.6. The Morgan fingerprint density at radius 1 is 1.37 bits per heavy atom. The van der Waals surface area contributed by atoms with Crippen molar-refractivity contribution in [1.82, 2.24) is 10.2 Å². The number of carbonyl (C=O) groups excluding carboxylic acids is 1. The molecule has 1 aromatic carbocycles. The number of nitrogens with zero attached hydrogens (tertiary/aromatic N) is 2. The molecule has 6 nitrogen and oxygen atoms in total. The van der Waals surface area contributed by atoms with Crippen molar-refractivity contribution >= 4 is 35.9 Å². The predicted octanol–water partition coefficient (Wildman–Crippen LogP) is 3.05. The number of esters is 1. The zero-order chi connectivity index (χ0) is 19.1. The van der Waals surface area contributed by atoms with E-state index in [1.54, 1.807) is 6.07 Å². The number of aliphatic imine (C=N–C) groups is 1. The van der Waals surface area contributed by atoms with Gasteiger partial charge in [-0.3, -0.25) is 4.79 Å². The van der Waals surface area contributed by atoms with Crippen molar-refractivity contribution in [2.75, 3.05) is 33.4 Å². The van der Waals surface area contributed by atoms with Gasteiger partial charge in [-0.15, -0.1) is 24.0 Å². The van der Waals surface area contributed by atoms with Gasteiger partial charge in [0.15, 0.2) is 17.5 Å². The molecule has 0 spiro atoms. The van der Waals surface area contributed by atoms with Gasteiger partial charge < -0.3 is 19.7 Å². The fourth-order valence-corrected chi connectivity index (χ4v) is 3.11. The highest BCUT2D eigenvalue weighted by molar-refractivity contribution is 14.0. The van der Waals surface area contributed by atoms with Crippen molar-refractivity contribution in [2.24, 2.45) is 16.8 Å². The maximum absolute atomic E-state index is 14.0. The average Bonchev–Trinajstić information content (AvgIpc) is 3.01. The van der Waals surface area contributed by atoms with Crippen molar-refractivity contribution in [3.63, 3.8) is 0 Å². The summed E-state index contributed by atoms with van der Waals surface area (Å²) in [6.07, 6.45) is 0. The summed E-state index contributed by atoms with van der Waals surface area (Å²) < 4.78 is 24.1. The molecule has 0 aromatic heterocycles. The van der Waals surface area contributed by atoms with Crippen LogP contribution in [-0.2, 0) is 16.1 Å². The van der Waals surface area contributed by atoms with Gasteiger partial charge in [0.2, 0.25) is 0 Å². The van der Waals surface area contributed by atoms with E-state index in [1.807, 2.05) is 26.8 Å². The molecule has 1 aromatic rings. The number of methoxy groups -OCH3 is 1. The van der Waals surface area contributed by atoms with Gasteiger partial charge in [-0.1, -0.05) is 13.0 Å². The maximum atomic E-state index is 14.0. The summed E-state index contributed by atoms with van der Waals surface area (Å²) in [5.74, 6) is 0.428. The zero-order valence-electron chi connectivity index (χ0n) is 16.3. The molecule has 0 aliphatic carbocycles. The fraction of sp³-hybridized carbons (Fsp3) is 0.579. The first kappa shape index (κ1) is 23.5. The number of likely N-dealkylation sites (tertiary alicyclic amines) is 1. The third kappa shape index (κ3) is 6.22. The van der Waals surface area contributed by atoms with Crippen molar-refractivity contribution in [3.8, 4) is 5.75 Å². The third-order valence-electron chi connectivity index (χ3n) is 4.46. The van der Waals surface area contributed by atoms with Crippen LogP contribution in [0.3, 0.4) is 0 Å². The molecule has 2 atom stereocenters. The number of halogens is 2. The third-order valence-corrected chi connectivity index (χ3v) is 4.46. The minimum absolute atomic E-state index is 0. The predicted molar refractivity (Wildman–Crippen MR) is 114 cm³/mol. The second-order valence-electron chi connectivity index (χ2n) is 6.38. The zero-order valence-corrected chi connectivity index (χ0v) is 18.7. The van der Waals surface area contributed by atoms with Crippen LogP contribution in [-0.4, -0.2) is 50.2 Å². The van der Waals surface area contributed by atoms with Crippen molar-refractivity contribution in [1.29, 1.82) is 0 Å². The molecular formula is C19H29FIN3O3. The van der Waals surface area contributed by atoms with Gasteiger partial charge >= 0.3 is 5.97 Å². The van der Waals surface area contributed by atoms with Crippen LogP contribution >= 0.6 is 24.0 Å². The second-order valence-corrected chi connectivity index (χ2v) is 6.38. The van der Waals surface area contributed by atoms with Gasteiger partial charge in [0.05, 0.1) is 26.2 Å². The average molecular weight is 493 g/mol. The monoisotopic (exact) mass is 493 g/mol. The number of hydrogen-bond donors (Lipinski definition) is 1. The first-order chi connectivity index (χ1) is 12.5. The molecule has 2 unspecified atom stereocenters. The minimum atomic E-state index is -0.384. The Balaban J connectivity index is 0.00000364. The van der Waals surface area contributed by atoms with Crippen LogP contribution in [0.15, 0.2) is 23.2 Å². The van der Waals surface area contributed by atoms with Crippen molar-refractivity contribution in [2.45, 2.75) is 27.3 Å². The van der Waals surface area contributed by atoms with Crippen LogP contribution in [0.1, 0.15) is 26.3 Å². The Morgan fingerprint density at radius 3 is 2.70 bits per heavy atom. The van der Waals surface area contributed by atoms with E-state index in [1.165, 1.54) is 13.2 Å². The quantitative estimate of drug-likeness (QED) is 0.286. The van der Waals surface area contributed by atoms with Gasteiger partial charge in [-0.05, 0) is 37.5 Å². The molecule has 2 rings (SSSR count). The highest BCUT2D eigenvalue weighted by Crippen LogP contribution is 2.24. The second kappa shape index (κ2) is 11.3. The molecule has 0 bridgehead atoms. The molecule has 0 amide bonds. The Bertz CT molecular complexity index is 657. The number of rotatable bonds is 6. The van der Waals surface area contributed by atoms with E-state index in [-0.39, 0.29) is 53.3 Å². The molecule has 8 heteroatoms. The van der Waals surface area contributed by atoms with E-state index >= 15 is 0 Å². The maximum Gasteiger partial charge on any atom is 0.310 e. The normalized spacial score (nSPS) is 19.4. The first-order valence-corrected chi connectivity index (χ1v) is 9.02. The molecule has 1 aliphatic heterocycles. The van der Waals surface area contributed by atoms with Crippen LogP contribution < -0.4 is 10.1 Å². The number of carbonyl (C=O) groups is 1. The molecule has 1 fully saturated rings. The van der Waals surface area contributed by atoms with Gasteiger partial charge in [0, 0.05) is 19.6 Å². The lowest BCUT2D eigenvalue weighted by molar-refractivity contribution is -0.145. The molecule has 1 saturated heterocycles. The van der Waals surface area contributed by atoms with Gasteiger partial charge in [-0.2, -0.15) is 0 Å². The molecule has 0 saturated carbocycles. The van der Waals surface area contributed by atoms with Crippen LogP contribution in [0.5, 0.6) is 5.75 Å². The van der Waals surface area contributed by atoms with Crippen LogP contribution in [0.2, 0.25) is 0 Å². The highest BCUT2D eigenvalue weighted by Gasteiger charge is 2.36. The number of guanidine groups is 1. The smallest absolute Gasteiger partial charge is 0.310 e. The van der Waals surface area contributed by atoms with Gasteiger partial charge in [-0.25, -0.2) is 9.38 Å². The molecule has 152 valence electrons. The summed E-state index contributed by atoms with van der Waals surface area (Å²) in [6.45, 7) is 8.62. The lowest BCUT2D eigenvalue weighted by atomic mass is 9.99. The summed E-state index contributed by atoms with van der Waals surface area (Å²) >= 11 is 0. The number of ether oxygens (including phenoxy) is 2. The fourth-order valence-electron chi connectivity index (χ4n) is 3.11. The Morgan fingerprint density at radius 2 is 2.11 bits per heavy atom. The highest BCUT2D eigenvalue weighted by atomic mass is 127. The van der Waals surface area contributed by atoms with Crippen LogP contribution in [0, 0.1) is 17.7 Å². The van der Waals surface area contributed by atoms with Crippen LogP contribution in [0.4, 0.5) is 4.39 Å². The standard InChI is InChI=1S/C19H28FN3O3.HI/c1-5-21-19(23-11-13(3)15(12-23)18(24)25-4)22-10-14-7-8-17(26-6-2)16(20)9-14;/h7-9,13,15H,5-6,10-12H2,1-4H3,(H,21,22);1H. The van der Waals surface area contributed by atoms with Gasteiger partial charge in [0.25, 0.3) is 0 Å². The first-order valence-electron chi connectivity index (χ1n) is 9.02. The Labute approximate surface area is 177 Å². The van der Waals surface area contributed by atoms with E-state index in [0.717, 1.165) is 18.1 Å². The summed E-state index contributed by atoms with van der Waals surface area (Å²) in [6, 6.07) is 4.88.